The first-order valence-electron chi connectivity index (χ1n) is 7.36. The van der Waals surface area contributed by atoms with Crippen LogP contribution in [0.5, 0.6) is 5.75 Å². The lowest BCUT2D eigenvalue weighted by Crippen LogP contribution is -1.96. The molecule has 2 heterocycles. The molecule has 0 N–H and O–H groups in total. The Bertz CT molecular complexity index is 993. The minimum Gasteiger partial charge on any atom is -0.489 e. The summed E-state index contributed by atoms with van der Waals surface area (Å²) in [6, 6.07) is 15.5. The molecule has 120 valence electrons. The Morgan fingerprint density at radius 3 is 2.62 bits per heavy atom. The number of halogens is 1. The second-order valence-electron chi connectivity index (χ2n) is 5.25. The van der Waals surface area contributed by atoms with E-state index in [9.17, 15) is 0 Å². The van der Waals surface area contributed by atoms with Crippen LogP contribution in [-0.4, -0.2) is 19.8 Å². The molecule has 0 fully saturated rings. The van der Waals surface area contributed by atoms with E-state index in [2.05, 4.69) is 15.3 Å². The third-order valence-electron chi connectivity index (χ3n) is 3.60. The highest BCUT2D eigenvalue weighted by atomic mass is 35.5. The van der Waals surface area contributed by atoms with Gasteiger partial charge in [0, 0.05) is 16.1 Å². The number of rotatable bonds is 4. The van der Waals surface area contributed by atoms with E-state index < -0.39 is 0 Å². The number of benzene rings is 2. The van der Waals surface area contributed by atoms with E-state index in [-0.39, 0.29) is 0 Å². The molecular formula is C17H13ClN4OS. The highest BCUT2D eigenvalue weighted by Gasteiger charge is 2.10. The molecule has 2 aromatic heterocycles. The largest absolute Gasteiger partial charge is 0.489 e. The van der Waals surface area contributed by atoms with Crippen molar-refractivity contribution in [2.24, 2.45) is 0 Å². The summed E-state index contributed by atoms with van der Waals surface area (Å²) in [7, 11) is 0. The smallest absolute Gasteiger partial charge is 0.234 e. The summed E-state index contributed by atoms with van der Waals surface area (Å²) in [5.74, 6) is 1.57. The number of fused-ring (bicyclic) bond motifs is 1. The fraction of sp³-hybridized carbons (Fsp3) is 0.118. The third kappa shape index (κ3) is 2.86. The number of aromatic nitrogens is 4. The van der Waals surface area contributed by atoms with Crippen LogP contribution in [-0.2, 0) is 6.61 Å². The fourth-order valence-corrected chi connectivity index (χ4v) is 3.38. The van der Waals surface area contributed by atoms with Crippen molar-refractivity contribution in [3.63, 3.8) is 0 Å². The van der Waals surface area contributed by atoms with Gasteiger partial charge in [0.05, 0.1) is 0 Å². The van der Waals surface area contributed by atoms with E-state index in [4.69, 9.17) is 16.3 Å². The average Bonchev–Trinajstić information content (AvgIpc) is 3.17. The normalized spacial score (nSPS) is 11.1. The van der Waals surface area contributed by atoms with Crippen LogP contribution in [0, 0.1) is 6.92 Å². The van der Waals surface area contributed by atoms with Crippen molar-refractivity contribution in [3.05, 3.63) is 64.9 Å². The van der Waals surface area contributed by atoms with Crippen LogP contribution in [0.1, 0.15) is 11.4 Å². The molecule has 0 unspecified atom stereocenters. The van der Waals surface area contributed by atoms with Crippen LogP contribution in [0.25, 0.3) is 15.5 Å². The predicted octanol–water partition coefficient (Wildman–Crippen LogP) is 4.39. The molecule has 0 spiro atoms. The topological polar surface area (TPSA) is 52.3 Å². The molecule has 0 saturated heterocycles. The zero-order valence-corrected chi connectivity index (χ0v) is 14.4. The molecule has 4 rings (SSSR count). The highest BCUT2D eigenvalue weighted by molar-refractivity contribution is 7.19. The third-order valence-corrected chi connectivity index (χ3v) is 4.92. The van der Waals surface area contributed by atoms with Crippen molar-refractivity contribution >= 4 is 27.9 Å². The van der Waals surface area contributed by atoms with Crippen LogP contribution in [0.2, 0.25) is 5.02 Å². The Balaban J connectivity index is 1.51. The number of ether oxygens (including phenoxy) is 1. The van der Waals surface area contributed by atoms with Gasteiger partial charge in [-0.3, -0.25) is 0 Å². The summed E-state index contributed by atoms with van der Waals surface area (Å²) < 4.78 is 7.55. The van der Waals surface area contributed by atoms with E-state index in [0.717, 1.165) is 32.7 Å². The van der Waals surface area contributed by atoms with E-state index in [0.29, 0.717) is 11.6 Å². The van der Waals surface area contributed by atoms with Gasteiger partial charge in [0.25, 0.3) is 0 Å². The van der Waals surface area contributed by atoms with Gasteiger partial charge in [-0.1, -0.05) is 41.1 Å². The van der Waals surface area contributed by atoms with Crippen LogP contribution >= 0.6 is 22.9 Å². The number of aryl methyl sites for hydroxylation is 1. The molecule has 0 saturated carbocycles. The van der Waals surface area contributed by atoms with Gasteiger partial charge >= 0.3 is 0 Å². The molecule has 4 aromatic rings. The zero-order chi connectivity index (χ0) is 16.5. The summed E-state index contributed by atoms with van der Waals surface area (Å²) >= 11 is 7.65. The Morgan fingerprint density at radius 1 is 1.08 bits per heavy atom. The molecule has 0 amide bonds. The minimum atomic E-state index is 0.439. The maximum Gasteiger partial charge on any atom is 0.234 e. The Hall–Kier alpha value is -2.44. The molecule has 2 aromatic carbocycles. The second-order valence-corrected chi connectivity index (χ2v) is 6.62. The van der Waals surface area contributed by atoms with Gasteiger partial charge in [-0.05, 0) is 37.3 Å². The van der Waals surface area contributed by atoms with Crippen molar-refractivity contribution in [1.29, 1.82) is 0 Å². The van der Waals surface area contributed by atoms with Crippen molar-refractivity contribution in [3.8, 4) is 16.3 Å². The molecule has 24 heavy (non-hydrogen) atoms. The van der Waals surface area contributed by atoms with Gasteiger partial charge in [0.15, 0.2) is 5.82 Å². The number of hydrogen-bond donors (Lipinski definition) is 0. The van der Waals surface area contributed by atoms with Gasteiger partial charge in [0.2, 0.25) is 4.96 Å². The van der Waals surface area contributed by atoms with Crippen molar-refractivity contribution in [2.45, 2.75) is 13.5 Å². The summed E-state index contributed by atoms with van der Waals surface area (Å²) in [5.41, 5.74) is 1.99. The lowest BCUT2D eigenvalue weighted by atomic mass is 10.2. The Kier molecular flexibility index (Phi) is 3.92. The molecule has 7 heteroatoms. The summed E-state index contributed by atoms with van der Waals surface area (Å²) in [6.07, 6.45) is 0. The van der Waals surface area contributed by atoms with E-state index >= 15 is 0 Å². The molecule has 5 nitrogen and oxygen atoms in total. The Morgan fingerprint density at radius 2 is 1.88 bits per heavy atom. The highest BCUT2D eigenvalue weighted by Crippen LogP contribution is 2.27. The quantitative estimate of drug-likeness (QED) is 0.544. The summed E-state index contributed by atoms with van der Waals surface area (Å²) in [4.78, 5) is 0.793. The van der Waals surface area contributed by atoms with Crippen molar-refractivity contribution in [1.82, 2.24) is 19.8 Å². The minimum absolute atomic E-state index is 0.439. The van der Waals surface area contributed by atoms with Crippen LogP contribution in [0.4, 0.5) is 0 Å². The summed E-state index contributed by atoms with van der Waals surface area (Å²) in [5, 5.41) is 14.2. The first-order chi connectivity index (χ1) is 11.7. The molecule has 0 aliphatic heterocycles. The van der Waals surface area contributed by atoms with Crippen molar-refractivity contribution in [2.75, 3.05) is 0 Å². The maximum absolute atomic E-state index is 6.14. The second kappa shape index (κ2) is 6.22. The molecule has 0 radical (unpaired) electrons. The average molecular weight is 357 g/mol. The Labute approximate surface area is 147 Å². The molecule has 0 aliphatic carbocycles. The van der Waals surface area contributed by atoms with Crippen molar-refractivity contribution < 1.29 is 4.74 Å². The van der Waals surface area contributed by atoms with Gasteiger partial charge in [-0.15, -0.1) is 10.2 Å². The van der Waals surface area contributed by atoms with Gasteiger partial charge in [0.1, 0.15) is 17.4 Å². The van der Waals surface area contributed by atoms with Crippen LogP contribution in [0.3, 0.4) is 0 Å². The zero-order valence-electron chi connectivity index (χ0n) is 12.8. The first kappa shape index (κ1) is 15.1. The monoisotopic (exact) mass is 356 g/mol. The van der Waals surface area contributed by atoms with Crippen LogP contribution < -0.4 is 4.74 Å². The number of nitrogens with zero attached hydrogens (tertiary/aromatic N) is 4. The molecular weight excluding hydrogens is 344 g/mol. The lowest BCUT2D eigenvalue weighted by Gasteiger charge is -2.08. The van der Waals surface area contributed by atoms with E-state index in [1.807, 2.05) is 55.5 Å². The summed E-state index contributed by atoms with van der Waals surface area (Å²) in [6.45, 7) is 2.32. The van der Waals surface area contributed by atoms with E-state index in [1.165, 1.54) is 11.3 Å². The van der Waals surface area contributed by atoms with Gasteiger partial charge < -0.3 is 4.74 Å². The number of hydrogen-bond acceptors (Lipinski definition) is 5. The SMILES string of the molecule is Cc1nnc2sc(-c3ccc(OCc4ccccc4Cl)cc3)nn12. The first-order valence-corrected chi connectivity index (χ1v) is 8.55. The molecule has 0 atom stereocenters. The fourth-order valence-electron chi connectivity index (χ4n) is 2.30. The van der Waals surface area contributed by atoms with Gasteiger partial charge in [-0.25, -0.2) is 0 Å². The lowest BCUT2D eigenvalue weighted by molar-refractivity contribution is 0.306. The molecule has 0 bridgehead atoms. The standard InChI is InChI=1S/C17H13ClN4OS/c1-11-19-20-17-22(11)21-16(24-17)12-6-8-14(9-7-12)23-10-13-4-2-3-5-15(13)18/h2-9H,10H2,1H3. The van der Waals surface area contributed by atoms with E-state index in [1.54, 1.807) is 4.52 Å². The maximum atomic E-state index is 6.14. The van der Waals surface area contributed by atoms with Gasteiger partial charge in [-0.2, -0.15) is 9.61 Å². The predicted molar refractivity (Wildman–Crippen MR) is 94.6 cm³/mol. The van der Waals surface area contributed by atoms with Crippen LogP contribution in [0.15, 0.2) is 48.5 Å². The molecule has 0 aliphatic rings.